The van der Waals surface area contributed by atoms with Gasteiger partial charge in [0.1, 0.15) is 6.04 Å². The zero-order valence-electron chi connectivity index (χ0n) is 8.99. The first kappa shape index (κ1) is 10.2. The lowest BCUT2D eigenvalue weighted by molar-refractivity contribution is -0.924. The Hall–Kier alpha value is -1.35. The number of nitrogens with one attached hydrogen (secondary N) is 1. The van der Waals surface area contributed by atoms with Crippen molar-refractivity contribution in [2.45, 2.75) is 19.4 Å². The van der Waals surface area contributed by atoms with Gasteiger partial charge in [0.25, 0.3) is 5.91 Å². The molecule has 2 rings (SSSR count). The Morgan fingerprint density at radius 2 is 2.27 bits per heavy atom. The predicted octanol–water partition coefficient (Wildman–Crippen LogP) is -0.326. The molecule has 80 valence electrons. The third kappa shape index (κ3) is 2.02. The van der Waals surface area contributed by atoms with E-state index in [0.717, 1.165) is 13.0 Å². The van der Waals surface area contributed by atoms with Crippen LogP contribution in [0.2, 0.25) is 0 Å². The van der Waals surface area contributed by atoms with Gasteiger partial charge in [-0.15, -0.1) is 0 Å². The molecule has 2 atom stereocenters. The summed E-state index contributed by atoms with van der Waals surface area (Å²) in [5.74, 6) is -0.212. The van der Waals surface area contributed by atoms with Crippen LogP contribution in [-0.2, 0) is 11.2 Å². The fourth-order valence-corrected chi connectivity index (χ4v) is 2.38. The summed E-state index contributed by atoms with van der Waals surface area (Å²) < 4.78 is 0. The molecule has 3 heteroatoms. The molecule has 3 nitrogen and oxygen atoms in total. The molecule has 1 amide bonds. The minimum atomic E-state index is -0.212. The standard InChI is InChI=1S/C12H16N2O/c1-9-11-5-3-2-4-10(11)6-7-14(9)8-12(13)15/h2-5,9H,6-8H2,1H3,(H2,13,15)/p+1. The number of carbonyl (C=O) groups excluding carboxylic acids is 1. The summed E-state index contributed by atoms with van der Waals surface area (Å²) in [5, 5.41) is 0. The average molecular weight is 205 g/mol. The van der Waals surface area contributed by atoms with E-state index in [1.54, 1.807) is 0 Å². The Morgan fingerprint density at radius 1 is 1.53 bits per heavy atom. The van der Waals surface area contributed by atoms with Gasteiger partial charge in [0.2, 0.25) is 0 Å². The molecule has 2 unspecified atom stereocenters. The molecule has 0 aromatic heterocycles. The normalized spacial score (nSPS) is 24.6. The number of hydrogen-bond donors (Lipinski definition) is 2. The summed E-state index contributed by atoms with van der Waals surface area (Å²) in [6.07, 6.45) is 1.04. The molecule has 1 aliphatic heterocycles. The van der Waals surface area contributed by atoms with E-state index in [-0.39, 0.29) is 5.91 Å². The van der Waals surface area contributed by atoms with Crippen LogP contribution in [0.1, 0.15) is 24.1 Å². The highest BCUT2D eigenvalue weighted by atomic mass is 16.1. The van der Waals surface area contributed by atoms with Crippen molar-refractivity contribution in [1.82, 2.24) is 0 Å². The van der Waals surface area contributed by atoms with E-state index in [9.17, 15) is 4.79 Å². The molecule has 0 bridgehead atoms. The minimum Gasteiger partial charge on any atom is -0.365 e. The molecule has 1 heterocycles. The number of amides is 1. The van der Waals surface area contributed by atoms with Gasteiger partial charge in [-0.2, -0.15) is 0 Å². The summed E-state index contributed by atoms with van der Waals surface area (Å²) in [6, 6.07) is 8.84. The highest BCUT2D eigenvalue weighted by molar-refractivity contribution is 5.74. The first-order valence-corrected chi connectivity index (χ1v) is 5.39. The molecule has 0 fully saturated rings. The Bertz CT molecular complexity index is 376. The average Bonchev–Trinajstić information content (AvgIpc) is 2.22. The van der Waals surface area contributed by atoms with Gasteiger partial charge in [0.05, 0.1) is 6.54 Å². The van der Waals surface area contributed by atoms with Gasteiger partial charge in [0, 0.05) is 12.0 Å². The van der Waals surface area contributed by atoms with E-state index >= 15 is 0 Å². The van der Waals surface area contributed by atoms with Crippen molar-refractivity contribution in [3.8, 4) is 0 Å². The maximum Gasteiger partial charge on any atom is 0.272 e. The third-order valence-electron chi connectivity index (χ3n) is 3.25. The quantitative estimate of drug-likeness (QED) is 0.682. The van der Waals surface area contributed by atoms with Crippen LogP contribution in [0.4, 0.5) is 0 Å². The van der Waals surface area contributed by atoms with Crippen LogP contribution in [0, 0.1) is 0 Å². The number of carbonyl (C=O) groups is 1. The van der Waals surface area contributed by atoms with Crippen LogP contribution in [-0.4, -0.2) is 19.0 Å². The van der Waals surface area contributed by atoms with Gasteiger partial charge in [-0.1, -0.05) is 24.3 Å². The lowest BCUT2D eigenvalue weighted by Gasteiger charge is -2.31. The highest BCUT2D eigenvalue weighted by Gasteiger charge is 2.27. The second kappa shape index (κ2) is 4.03. The number of hydrogen-bond acceptors (Lipinski definition) is 1. The number of nitrogens with two attached hydrogens (primary N) is 1. The van der Waals surface area contributed by atoms with Crippen molar-refractivity contribution in [2.75, 3.05) is 13.1 Å². The van der Waals surface area contributed by atoms with Gasteiger partial charge in [-0.25, -0.2) is 0 Å². The maximum absolute atomic E-state index is 10.9. The predicted molar refractivity (Wildman–Crippen MR) is 58.5 cm³/mol. The molecule has 0 saturated heterocycles. The first-order valence-electron chi connectivity index (χ1n) is 5.39. The highest BCUT2D eigenvalue weighted by Crippen LogP contribution is 2.18. The largest absolute Gasteiger partial charge is 0.365 e. The summed E-state index contributed by atoms with van der Waals surface area (Å²) in [7, 11) is 0. The van der Waals surface area contributed by atoms with E-state index in [0.29, 0.717) is 12.6 Å². The summed E-state index contributed by atoms with van der Waals surface area (Å²) in [5.41, 5.74) is 8.02. The molecule has 1 aromatic rings. The van der Waals surface area contributed by atoms with Crippen LogP contribution in [0.25, 0.3) is 0 Å². The fraction of sp³-hybridized carbons (Fsp3) is 0.417. The van der Waals surface area contributed by atoms with Crippen molar-refractivity contribution in [2.24, 2.45) is 5.73 Å². The Kier molecular flexibility index (Phi) is 2.73. The number of quaternary nitrogens is 1. The van der Waals surface area contributed by atoms with E-state index in [4.69, 9.17) is 5.73 Å². The van der Waals surface area contributed by atoms with Crippen molar-refractivity contribution in [1.29, 1.82) is 0 Å². The van der Waals surface area contributed by atoms with Crippen molar-refractivity contribution in [3.05, 3.63) is 35.4 Å². The van der Waals surface area contributed by atoms with Gasteiger partial charge in [0.15, 0.2) is 6.54 Å². The van der Waals surface area contributed by atoms with Gasteiger partial charge in [-0.3, -0.25) is 4.79 Å². The Balaban J connectivity index is 2.22. The van der Waals surface area contributed by atoms with Crippen molar-refractivity contribution < 1.29 is 9.69 Å². The third-order valence-corrected chi connectivity index (χ3v) is 3.25. The summed E-state index contributed by atoms with van der Waals surface area (Å²) in [4.78, 5) is 12.2. The number of primary amides is 1. The van der Waals surface area contributed by atoms with E-state index in [2.05, 4.69) is 31.2 Å². The summed E-state index contributed by atoms with van der Waals surface area (Å²) in [6.45, 7) is 3.60. The van der Waals surface area contributed by atoms with E-state index < -0.39 is 0 Å². The maximum atomic E-state index is 10.9. The van der Waals surface area contributed by atoms with Crippen LogP contribution in [0.15, 0.2) is 24.3 Å². The molecule has 0 spiro atoms. The van der Waals surface area contributed by atoms with Crippen LogP contribution in [0.3, 0.4) is 0 Å². The second-order valence-corrected chi connectivity index (χ2v) is 4.22. The Morgan fingerprint density at radius 3 is 3.00 bits per heavy atom. The topological polar surface area (TPSA) is 47.5 Å². The SMILES string of the molecule is CC1c2ccccc2CC[NH+]1CC(N)=O. The molecule has 0 aliphatic carbocycles. The number of fused-ring (bicyclic) bond motifs is 1. The molecule has 0 radical (unpaired) electrons. The number of rotatable bonds is 2. The first-order chi connectivity index (χ1) is 7.18. The van der Waals surface area contributed by atoms with Gasteiger partial charge >= 0.3 is 0 Å². The lowest BCUT2D eigenvalue weighted by Crippen LogP contribution is -3.14. The molecule has 3 N–H and O–H groups in total. The zero-order valence-corrected chi connectivity index (χ0v) is 8.99. The number of benzene rings is 1. The van der Waals surface area contributed by atoms with Crippen LogP contribution >= 0.6 is 0 Å². The van der Waals surface area contributed by atoms with Crippen molar-refractivity contribution in [3.63, 3.8) is 0 Å². The molecule has 0 saturated carbocycles. The van der Waals surface area contributed by atoms with Crippen molar-refractivity contribution >= 4 is 5.91 Å². The van der Waals surface area contributed by atoms with E-state index in [1.807, 2.05) is 0 Å². The minimum absolute atomic E-state index is 0.212. The molecule has 15 heavy (non-hydrogen) atoms. The van der Waals surface area contributed by atoms with Gasteiger partial charge < -0.3 is 10.6 Å². The van der Waals surface area contributed by atoms with E-state index in [1.165, 1.54) is 16.0 Å². The monoisotopic (exact) mass is 205 g/mol. The molecule has 1 aromatic carbocycles. The van der Waals surface area contributed by atoms with Crippen LogP contribution < -0.4 is 10.6 Å². The Labute approximate surface area is 89.9 Å². The van der Waals surface area contributed by atoms with Crippen LogP contribution in [0.5, 0.6) is 0 Å². The van der Waals surface area contributed by atoms with Gasteiger partial charge in [-0.05, 0) is 12.5 Å². The second-order valence-electron chi connectivity index (χ2n) is 4.22. The molecule has 1 aliphatic rings. The smallest absolute Gasteiger partial charge is 0.272 e. The fourth-order valence-electron chi connectivity index (χ4n) is 2.38. The molecular formula is C12H17N2O+. The lowest BCUT2D eigenvalue weighted by atomic mass is 9.94. The zero-order chi connectivity index (χ0) is 10.8. The molecular weight excluding hydrogens is 188 g/mol. The summed E-state index contributed by atoms with van der Waals surface area (Å²) >= 11 is 0.